The third-order valence-corrected chi connectivity index (χ3v) is 7.72. The van der Waals surface area contributed by atoms with E-state index in [1.54, 1.807) is 7.05 Å². The van der Waals surface area contributed by atoms with Crippen LogP contribution in [-0.2, 0) is 6.54 Å². The van der Waals surface area contributed by atoms with Crippen molar-refractivity contribution in [3.05, 3.63) is 59.7 Å². The Hall–Kier alpha value is -2.68. The largest absolute Gasteiger partial charge is 0.446 e. The number of halogens is 3. The van der Waals surface area contributed by atoms with E-state index in [4.69, 9.17) is 0 Å². The van der Waals surface area contributed by atoms with Crippen molar-refractivity contribution in [2.75, 3.05) is 18.9 Å². The van der Waals surface area contributed by atoms with Crippen LogP contribution in [0.25, 0.3) is 0 Å². The third kappa shape index (κ3) is 6.35. The minimum absolute atomic E-state index is 0.0543. The van der Waals surface area contributed by atoms with E-state index in [-0.39, 0.29) is 45.5 Å². The SMILES string of the molecule is CN(Cc1ccc(C(=O)N2CC3(C)CC2CC(C)(C)C3)cc1)C(=O)Nc1ccc(SC(F)(F)F)cc1. The minimum Gasteiger partial charge on any atom is -0.335 e. The molecule has 2 aromatic carbocycles. The molecule has 1 aliphatic carbocycles. The van der Waals surface area contributed by atoms with Crippen LogP contribution in [0, 0.1) is 10.8 Å². The van der Waals surface area contributed by atoms with Gasteiger partial charge in [-0.15, -0.1) is 0 Å². The summed E-state index contributed by atoms with van der Waals surface area (Å²) in [5.74, 6) is 0.0613. The predicted octanol–water partition coefficient (Wildman–Crippen LogP) is 7.00. The number of anilines is 1. The van der Waals surface area contributed by atoms with Crippen LogP contribution in [0.3, 0.4) is 0 Å². The zero-order valence-electron chi connectivity index (χ0n) is 21.0. The number of amides is 3. The summed E-state index contributed by atoms with van der Waals surface area (Å²) in [6.45, 7) is 7.97. The fourth-order valence-corrected chi connectivity index (χ4v) is 6.46. The Morgan fingerprint density at radius 1 is 1.06 bits per heavy atom. The van der Waals surface area contributed by atoms with Crippen LogP contribution in [0.4, 0.5) is 23.7 Å². The number of likely N-dealkylation sites (tertiary alicyclic amines) is 1. The second kappa shape index (κ2) is 9.65. The molecule has 1 saturated heterocycles. The standard InChI is InChI=1S/C27H32F3N3O2S/c1-25(2)13-21-14-26(3,16-25)17-33(21)23(34)19-7-5-18(6-8-19)15-32(4)24(35)31-20-9-11-22(12-10-20)36-27(28,29)30/h5-12,21H,13-17H2,1-4H3,(H,31,35). The summed E-state index contributed by atoms with van der Waals surface area (Å²) in [5, 5.41) is 2.69. The van der Waals surface area contributed by atoms with E-state index in [1.807, 2.05) is 29.2 Å². The molecule has 1 aliphatic heterocycles. The van der Waals surface area contributed by atoms with E-state index in [2.05, 4.69) is 26.1 Å². The van der Waals surface area contributed by atoms with Gasteiger partial charge in [-0.05, 0) is 83.8 Å². The molecule has 194 valence electrons. The highest BCUT2D eigenvalue weighted by atomic mass is 32.2. The van der Waals surface area contributed by atoms with Gasteiger partial charge in [0.15, 0.2) is 0 Å². The Labute approximate surface area is 214 Å². The molecular formula is C27H32F3N3O2S. The lowest BCUT2D eigenvalue weighted by atomic mass is 9.65. The number of urea groups is 1. The summed E-state index contributed by atoms with van der Waals surface area (Å²) in [4.78, 5) is 29.4. The molecule has 2 aliphatic rings. The number of carbonyl (C=O) groups excluding carboxylic acids is 2. The van der Waals surface area contributed by atoms with Crippen molar-refractivity contribution in [2.24, 2.45) is 10.8 Å². The van der Waals surface area contributed by atoms with Gasteiger partial charge in [-0.2, -0.15) is 13.2 Å². The van der Waals surface area contributed by atoms with E-state index >= 15 is 0 Å². The molecule has 2 atom stereocenters. The van der Waals surface area contributed by atoms with Crippen molar-refractivity contribution in [3.63, 3.8) is 0 Å². The molecule has 5 nitrogen and oxygen atoms in total. The molecule has 1 N–H and O–H groups in total. The molecule has 4 rings (SSSR count). The van der Waals surface area contributed by atoms with Crippen LogP contribution in [-0.4, -0.2) is 46.9 Å². The van der Waals surface area contributed by atoms with Gasteiger partial charge in [-0.25, -0.2) is 4.79 Å². The van der Waals surface area contributed by atoms with Gasteiger partial charge in [-0.3, -0.25) is 4.79 Å². The number of hydrogen-bond donors (Lipinski definition) is 1. The van der Waals surface area contributed by atoms with Gasteiger partial charge in [0.2, 0.25) is 0 Å². The summed E-state index contributed by atoms with van der Waals surface area (Å²) in [6.07, 6.45) is 3.21. The van der Waals surface area contributed by atoms with E-state index in [1.165, 1.54) is 29.2 Å². The molecular weight excluding hydrogens is 487 g/mol. The Morgan fingerprint density at radius 3 is 2.31 bits per heavy atom. The molecule has 2 aromatic rings. The first-order valence-corrected chi connectivity index (χ1v) is 12.8. The van der Waals surface area contributed by atoms with Crippen molar-refractivity contribution in [2.45, 2.75) is 63.0 Å². The second-order valence-corrected chi connectivity index (χ2v) is 12.3. The number of hydrogen-bond acceptors (Lipinski definition) is 3. The first kappa shape index (κ1) is 26.4. The van der Waals surface area contributed by atoms with E-state index in [0.717, 1.165) is 31.4 Å². The van der Waals surface area contributed by atoms with Crippen LogP contribution in [0.1, 0.15) is 56.0 Å². The molecule has 3 amide bonds. The van der Waals surface area contributed by atoms with Crippen molar-refractivity contribution in [1.82, 2.24) is 9.80 Å². The number of fused-ring (bicyclic) bond motifs is 2. The van der Waals surface area contributed by atoms with Crippen LogP contribution >= 0.6 is 11.8 Å². The first-order valence-electron chi connectivity index (χ1n) is 12.0. The summed E-state index contributed by atoms with van der Waals surface area (Å²) >= 11 is -0.199. The van der Waals surface area contributed by atoms with Gasteiger partial charge in [0, 0.05) is 42.3 Å². The number of nitrogens with one attached hydrogen (secondary N) is 1. The molecule has 0 spiro atoms. The monoisotopic (exact) mass is 519 g/mol. The van der Waals surface area contributed by atoms with Crippen molar-refractivity contribution in [1.29, 1.82) is 0 Å². The number of nitrogens with zero attached hydrogens (tertiary/aromatic N) is 2. The highest BCUT2D eigenvalue weighted by Gasteiger charge is 2.51. The maximum atomic E-state index is 13.3. The second-order valence-electron chi connectivity index (χ2n) is 11.2. The molecule has 0 radical (unpaired) electrons. The number of benzene rings is 2. The van der Waals surface area contributed by atoms with Gasteiger partial charge in [0.25, 0.3) is 5.91 Å². The molecule has 1 saturated carbocycles. The van der Waals surface area contributed by atoms with Gasteiger partial charge in [0.05, 0.1) is 0 Å². The summed E-state index contributed by atoms with van der Waals surface area (Å²) in [5.41, 5.74) is -2.01. The van der Waals surface area contributed by atoms with Gasteiger partial charge >= 0.3 is 11.5 Å². The predicted molar refractivity (Wildman–Crippen MR) is 136 cm³/mol. The summed E-state index contributed by atoms with van der Waals surface area (Å²) in [7, 11) is 1.63. The van der Waals surface area contributed by atoms with E-state index in [0.29, 0.717) is 17.8 Å². The molecule has 9 heteroatoms. The average Bonchev–Trinajstić information content (AvgIpc) is 3.02. The van der Waals surface area contributed by atoms with Crippen LogP contribution in [0.15, 0.2) is 53.4 Å². The van der Waals surface area contributed by atoms with Crippen molar-refractivity contribution >= 4 is 29.4 Å². The number of thioether (sulfide) groups is 1. The van der Waals surface area contributed by atoms with Crippen molar-refractivity contribution in [3.8, 4) is 0 Å². The maximum absolute atomic E-state index is 13.3. The van der Waals surface area contributed by atoms with Gasteiger partial charge in [-0.1, -0.05) is 32.9 Å². The minimum atomic E-state index is -4.35. The van der Waals surface area contributed by atoms with Crippen LogP contribution in [0.5, 0.6) is 0 Å². The van der Waals surface area contributed by atoms with Crippen LogP contribution in [0.2, 0.25) is 0 Å². The fraction of sp³-hybridized carbons (Fsp3) is 0.481. The number of carbonyl (C=O) groups is 2. The molecule has 2 unspecified atom stereocenters. The lowest BCUT2D eigenvalue weighted by Gasteiger charge is -2.39. The quantitative estimate of drug-likeness (QED) is 0.433. The highest BCUT2D eigenvalue weighted by molar-refractivity contribution is 8.00. The highest BCUT2D eigenvalue weighted by Crippen LogP contribution is 2.52. The van der Waals surface area contributed by atoms with Gasteiger partial charge < -0.3 is 15.1 Å². The van der Waals surface area contributed by atoms with Crippen LogP contribution < -0.4 is 5.32 Å². The summed E-state index contributed by atoms with van der Waals surface area (Å²) in [6, 6.07) is 12.8. The Bertz CT molecular complexity index is 1120. The van der Waals surface area contributed by atoms with E-state index < -0.39 is 5.51 Å². The average molecular weight is 520 g/mol. The number of alkyl halides is 3. The van der Waals surface area contributed by atoms with E-state index in [9.17, 15) is 22.8 Å². The Kier molecular flexibility index (Phi) is 7.07. The van der Waals surface area contributed by atoms with Gasteiger partial charge in [0.1, 0.15) is 0 Å². The lowest BCUT2D eigenvalue weighted by molar-refractivity contribution is -0.0328. The topological polar surface area (TPSA) is 52.7 Å². The fourth-order valence-electron chi connectivity index (χ4n) is 5.92. The molecule has 2 fully saturated rings. The Morgan fingerprint density at radius 2 is 1.69 bits per heavy atom. The zero-order valence-corrected chi connectivity index (χ0v) is 21.8. The number of rotatable bonds is 5. The molecule has 1 heterocycles. The molecule has 0 aromatic heterocycles. The maximum Gasteiger partial charge on any atom is 0.446 e. The Balaban J connectivity index is 1.33. The normalized spacial score (nSPS) is 22.9. The van der Waals surface area contributed by atoms with Crippen molar-refractivity contribution < 1.29 is 22.8 Å². The first-order chi connectivity index (χ1) is 16.7. The third-order valence-electron chi connectivity index (χ3n) is 6.98. The summed E-state index contributed by atoms with van der Waals surface area (Å²) < 4.78 is 37.4. The lowest BCUT2D eigenvalue weighted by Crippen LogP contribution is -2.37. The zero-order chi connectivity index (χ0) is 26.3. The molecule has 2 bridgehead atoms. The molecule has 36 heavy (non-hydrogen) atoms. The smallest absolute Gasteiger partial charge is 0.335 e.